The standard InChI is InChI=1S/C29H29N7O4/c1-15-8-18(19-12-30-17(3)31-13-19)9-20-26(16(2)37)34-35(27(15)20)14-25(39)36-21(10-29(4)11-22(29)36)28(40)33-23-6-5-7-24(38)32-23/h5-9,12-13,21-22H,10-11,14H2,1-4H3,(H2,32,33,38,40)/t21-,22+,29-/m0/s1. The number of hydrogen-bond acceptors (Lipinski definition) is 7. The van der Waals surface area contributed by atoms with Crippen LogP contribution in [0.3, 0.4) is 0 Å². The number of carbonyl (C=O) groups is 3. The molecule has 11 heteroatoms. The Kier molecular flexibility index (Phi) is 5.90. The number of likely N-dealkylation sites (tertiary alicyclic amines) is 1. The van der Waals surface area contributed by atoms with Crippen molar-refractivity contribution >= 4 is 34.3 Å². The molecule has 3 atom stereocenters. The lowest BCUT2D eigenvalue weighted by atomic mass is 10.0. The van der Waals surface area contributed by atoms with E-state index in [1.165, 1.54) is 13.0 Å². The van der Waals surface area contributed by atoms with Crippen molar-refractivity contribution in [3.63, 3.8) is 0 Å². The molecule has 3 aromatic heterocycles. The van der Waals surface area contributed by atoms with Crippen molar-refractivity contribution in [1.82, 2.24) is 29.6 Å². The molecule has 1 aliphatic heterocycles. The van der Waals surface area contributed by atoms with Gasteiger partial charge in [-0.05, 0) is 61.4 Å². The highest BCUT2D eigenvalue weighted by molar-refractivity contribution is 6.07. The van der Waals surface area contributed by atoms with E-state index in [9.17, 15) is 19.2 Å². The number of nitrogens with one attached hydrogen (secondary N) is 2. The van der Waals surface area contributed by atoms with Gasteiger partial charge in [-0.1, -0.05) is 13.0 Å². The number of Topliss-reactive ketones (excluding diaryl/α,β-unsaturated/α-hetero) is 1. The Morgan fingerprint density at radius 1 is 1.10 bits per heavy atom. The van der Waals surface area contributed by atoms with Gasteiger partial charge in [0.2, 0.25) is 17.4 Å². The molecule has 6 rings (SSSR count). The number of benzene rings is 1. The monoisotopic (exact) mass is 539 g/mol. The van der Waals surface area contributed by atoms with E-state index in [4.69, 9.17) is 0 Å². The molecule has 2 fully saturated rings. The van der Waals surface area contributed by atoms with Crippen molar-refractivity contribution in [2.24, 2.45) is 5.41 Å². The molecule has 204 valence electrons. The number of aromatic amines is 1. The van der Waals surface area contributed by atoms with Gasteiger partial charge in [-0.2, -0.15) is 5.10 Å². The van der Waals surface area contributed by atoms with Crippen LogP contribution in [-0.2, 0) is 16.1 Å². The van der Waals surface area contributed by atoms with Gasteiger partial charge in [-0.3, -0.25) is 23.9 Å². The number of carbonyl (C=O) groups excluding carboxylic acids is 3. The van der Waals surface area contributed by atoms with Crippen molar-refractivity contribution in [2.75, 3.05) is 5.32 Å². The molecule has 2 N–H and O–H groups in total. The third-order valence-electron chi connectivity index (χ3n) is 8.02. The summed E-state index contributed by atoms with van der Waals surface area (Å²) in [6, 6.07) is 7.64. The summed E-state index contributed by atoms with van der Waals surface area (Å²) in [5, 5.41) is 7.96. The summed E-state index contributed by atoms with van der Waals surface area (Å²) in [6.45, 7) is 7.14. The van der Waals surface area contributed by atoms with Gasteiger partial charge in [0.25, 0.3) is 0 Å². The number of ketones is 1. The third kappa shape index (κ3) is 4.37. The minimum Gasteiger partial charge on any atom is -0.325 e. The predicted octanol–water partition coefficient (Wildman–Crippen LogP) is 3.02. The van der Waals surface area contributed by atoms with E-state index >= 15 is 0 Å². The van der Waals surface area contributed by atoms with Crippen molar-refractivity contribution in [3.05, 3.63) is 70.2 Å². The second kappa shape index (κ2) is 9.22. The fourth-order valence-corrected chi connectivity index (χ4v) is 5.92. The minimum absolute atomic E-state index is 0.0473. The lowest BCUT2D eigenvalue weighted by Gasteiger charge is -2.27. The third-order valence-corrected chi connectivity index (χ3v) is 8.02. The van der Waals surface area contributed by atoms with E-state index in [-0.39, 0.29) is 52.7 Å². The van der Waals surface area contributed by atoms with Crippen LogP contribution in [0.1, 0.15) is 48.6 Å². The first-order valence-electron chi connectivity index (χ1n) is 13.2. The van der Waals surface area contributed by atoms with Gasteiger partial charge < -0.3 is 15.2 Å². The molecule has 0 radical (unpaired) electrons. The number of piperidine rings is 1. The molecule has 0 bridgehead atoms. The Hall–Kier alpha value is -4.67. The molecule has 40 heavy (non-hydrogen) atoms. The quantitative estimate of drug-likeness (QED) is 0.359. The van der Waals surface area contributed by atoms with E-state index in [1.54, 1.807) is 34.1 Å². The zero-order valence-electron chi connectivity index (χ0n) is 22.7. The molecule has 11 nitrogen and oxygen atoms in total. The van der Waals surface area contributed by atoms with Crippen LogP contribution in [-0.4, -0.2) is 59.3 Å². The minimum atomic E-state index is -0.678. The SMILES string of the molecule is CC(=O)c1nn(CC(=O)N2[C@H](C(=O)Nc3cccc(=O)[nH]3)C[C@@]3(C)C[C@@H]23)c2c(C)cc(-c3cnc(C)nc3)cc12. The molecule has 0 unspecified atom stereocenters. The molecule has 2 amide bonds. The number of hydrogen-bond donors (Lipinski definition) is 2. The van der Waals surface area contributed by atoms with Crippen LogP contribution in [0.5, 0.6) is 0 Å². The fourth-order valence-electron chi connectivity index (χ4n) is 5.92. The number of pyridine rings is 1. The first-order valence-corrected chi connectivity index (χ1v) is 13.2. The van der Waals surface area contributed by atoms with Crippen LogP contribution in [0.2, 0.25) is 0 Å². The van der Waals surface area contributed by atoms with Gasteiger partial charge in [0.15, 0.2) is 5.78 Å². The number of nitrogens with zero attached hydrogens (tertiary/aromatic N) is 5. The van der Waals surface area contributed by atoms with Gasteiger partial charge in [0.05, 0.1) is 5.52 Å². The van der Waals surface area contributed by atoms with Gasteiger partial charge in [-0.15, -0.1) is 0 Å². The zero-order chi connectivity index (χ0) is 28.3. The summed E-state index contributed by atoms with van der Waals surface area (Å²) < 4.78 is 1.57. The molecule has 1 saturated heterocycles. The van der Waals surface area contributed by atoms with Crippen LogP contribution in [0.4, 0.5) is 5.82 Å². The topological polar surface area (TPSA) is 143 Å². The van der Waals surface area contributed by atoms with Crippen LogP contribution in [0.15, 0.2) is 47.5 Å². The second-order valence-electron chi connectivity index (χ2n) is 11.1. The van der Waals surface area contributed by atoms with Gasteiger partial charge >= 0.3 is 0 Å². The summed E-state index contributed by atoms with van der Waals surface area (Å²) in [6.07, 6.45) is 4.83. The van der Waals surface area contributed by atoms with E-state index in [2.05, 4.69) is 32.3 Å². The summed E-state index contributed by atoms with van der Waals surface area (Å²) >= 11 is 0. The Balaban J connectivity index is 1.32. The fraction of sp³-hybridized carbons (Fsp3) is 0.345. The molecular formula is C29H29N7O4. The van der Waals surface area contributed by atoms with Crippen molar-refractivity contribution in [1.29, 1.82) is 0 Å². The highest BCUT2D eigenvalue weighted by Gasteiger charge is 2.64. The summed E-state index contributed by atoms with van der Waals surface area (Å²) in [5.74, 6) is 0.139. The average Bonchev–Trinajstić information content (AvgIpc) is 3.25. The second-order valence-corrected chi connectivity index (χ2v) is 11.1. The number of aromatic nitrogens is 5. The zero-order valence-corrected chi connectivity index (χ0v) is 22.7. The van der Waals surface area contributed by atoms with Gasteiger partial charge in [0, 0.05) is 42.4 Å². The maximum Gasteiger partial charge on any atom is 0.249 e. The molecule has 4 aromatic rings. The normalized spacial score (nSPS) is 21.4. The van der Waals surface area contributed by atoms with Crippen LogP contribution in [0, 0.1) is 19.3 Å². The Morgan fingerprint density at radius 3 is 2.55 bits per heavy atom. The van der Waals surface area contributed by atoms with Gasteiger partial charge in [0.1, 0.15) is 29.9 Å². The largest absolute Gasteiger partial charge is 0.325 e. The molecule has 2 aliphatic rings. The number of aryl methyl sites for hydroxylation is 2. The van der Waals surface area contributed by atoms with Crippen LogP contribution in [0.25, 0.3) is 22.0 Å². The lowest BCUT2D eigenvalue weighted by Crippen LogP contribution is -2.47. The van der Waals surface area contributed by atoms with E-state index in [0.29, 0.717) is 23.1 Å². The summed E-state index contributed by atoms with van der Waals surface area (Å²) in [7, 11) is 0. The summed E-state index contributed by atoms with van der Waals surface area (Å²) in [5.41, 5.74) is 3.03. The van der Waals surface area contributed by atoms with E-state index in [1.807, 2.05) is 26.0 Å². The number of anilines is 1. The van der Waals surface area contributed by atoms with Gasteiger partial charge in [-0.25, -0.2) is 9.97 Å². The smallest absolute Gasteiger partial charge is 0.249 e. The van der Waals surface area contributed by atoms with Crippen molar-refractivity contribution in [3.8, 4) is 11.1 Å². The Bertz CT molecular complexity index is 1760. The van der Waals surface area contributed by atoms with Crippen LogP contribution < -0.4 is 10.9 Å². The molecular weight excluding hydrogens is 510 g/mol. The predicted molar refractivity (Wildman–Crippen MR) is 148 cm³/mol. The summed E-state index contributed by atoms with van der Waals surface area (Å²) in [4.78, 5) is 64.1. The van der Waals surface area contributed by atoms with Crippen molar-refractivity contribution in [2.45, 2.75) is 59.2 Å². The van der Waals surface area contributed by atoms with Crippen molar-refractivity contribution < 1.29 is 14.4 Å². The lowest BCUT2D eigenvalue weighted by molar-refractivity contribution is -0.138. The number of rotatable bonds is 6. The highest BCUT2D eigenvalue weighted by atomic mass is 16.2. The maximum absolute atomic E-state index is 13.8. The van der Waals surface area contributed by atoms with E-state index < -0.39 is 6.04 Å². The number of amides is 2. The molecule has 0 spiro atoms. The first kappa shape index (κ1) is 25.6. The number of fused-ring (bicyclic) bond motifs is 2. The number of H-pyrrole nitrogens is 1. The Labute approximate surface area is 229 Å². The van der Waals surface area contributed by atoms with E-state index in [0.717, 1.165) is 23.1 Å². The average molecular weight is 540 g/mol. The molecule has 1 aromatic carbocycles. The van der Waals surface area contributed by atoms with Crippen LogP contribution >= 0.6 is 0 Å². The molecule has 1 aliphatic carbocycles. The first-order chi connectivity index (χ1) is 19.0. The highest BCUT2D eigenvalue weighted by Crippen LogP contribution is 2.59. The molecule has 1 saturated carbocycles. The molecule has 4 heterocycles. The maximum atomic E-state index is 13.8. The Morgan fingerprint density at radius 2 is 1.85 bits per heavy atom.